The van der Waals surface area contributed by atoms with Crippen molar-refractivity contribution >= 4 is 11.6 Å². The Hall–Kier alpha value is -0.730. The lowest BCUT2D eigenvalue weighted by Crippen LogP contribution is -2.40. The van der Waals surface area contributed by atoms with Crippen LogP contribution in [0.3, 0.4) is 0 Å². The lowest BCUT2D eigenvalue weighted by molar-refractivity contribution is 0.168. The minimum absolute atomic E-state index is 0.158. The fraction of sp³-hybridized carbons (Fsp3) is 0.538. The molecule has 0 saturated carbocycles. The quantitative estimate of drug-likeness (QED) is 0.823. The van der Waals surface area contributed by atoms with Crippen molar-refractivity contribution in [1.29, 1.82) is 0 Å². The van der Waals surface area contributed by atoms with E-state index in [9.17, 15) is 0 Å². The van der Waals surface area contributed by atoms with Crippen molar-refractivity contribution in [2.45, 2.75) is 39.3 Å². The SMILES string of the molecule is CCNC(CC)C(C)Oc1ccc(Cl)cc1. The first-order chi connectivity index (χ1) is 7.67. The van der Waals surface area contributed by atoms with Crippen molar-refractivity contribution in [1.82, 2.24) is 5.32 Å². The van der Waals surface area contributed by atoms with Crippen LogP contribution in [0.1, 0.15) is 27.2 Å². The fourth-order valence-electron chi connectivity index (χ4n) is 1.71. The smallest absolute Gasteiger partial charge is 0.119 e. The molecule has 0 amide bonds. The number of nitrogens with one attached hydrogen (secondary N) is 1. The fourth-order valence-corrected chi connectivity index (χ4v) is 1.84. The van der Waals surface area contributed by atoms with Crippen molar-refractivity contribution in [3.05, 3.63) is 29.3 Å². The van der Waals surface area contributed by atoms with Crippen molar-refractivity contribution in [3.8, 4) is 5.75 Å². The third kappa shape index (κ3) is 4.03. The number of hydrogen-bond donors (Lipinski definition) is 1. The van der Waals surface area contributed by atoms with E-state index in [1.165, 1.54) is 0 Å². The Morgan fingerprint density at radius 1 is 1.25 bits per heavy atom. The molecule has 0 spiro atoms. The van der Waals surface area contributed by atoms with E-state index in [4.69, 9.17) is 16.3 Å². The van der Waals surface area contributed by atoms with Crippen LogP contribution in [0.25, 0.3) is 0 Å². The summed E-state index contributed by atoms with van der Waals surface area (Å²) in [6.45, 7) is 7.32. The van der Waals surface area contributed by atoms with Gasteiger partial charge in [0.1, 0.15) is 11.9 Å². The predicted molar refractivity (Wildman–Crippen MR) is 69.3 cm³/mol. The summed E-state index contributed by atoms with van der Waals surface area (Å²) in [5.74, 6) is 0.869. The summed E-state index contributed by atoms with van der Waals surface area (Å²) in [5.41, 5.74) is 0. The molecule has 2 nitrogen and oxygen atoms in total. The highest BCUT2D eigenvalue weighted by Crippen LogP contribution is 2.18. The Balaban J connectivity index is 2.55. The summed E-state index contributed by atoms with van der Waals surface area (Å²) in [5, 5.41) is 4.15. The molecule has 0 aromatic heterocycles. The molecule has 16 heavy (non-hydrogen) atoms. The normalized spacial score (nSPS) is 14.5. The van der Waals surface area contributed by atoms with Gasteiger partial charge in [-0.25, -0.2) is 0 Å². The first-order valence-electron chi connectivity index (χ1n) is 5.83. The zero-order valence-corrected chi connectivity index (χ0v) is 10.9. The molecule has 2 unspecified atom stereocenters. The predicted octanol–water partition coefficient (Wildman–Crippen LogP) is 3.50. The van der Waals surface area contributed by atoms with E-state index in [0.29, 0.717) is 6.04 Å². The first-order valence-corrected chi connectivity index (χ1v) is 6.20. The molecular weight excluding hydrogens is 222 g/mol. The van der Waals surface area contributed by atoms with Gasteiger partial charge < -0.3 is 10.1 Å². The molecule has 1 aromatic rings. The molecule has 0 aliphatic heterocycles. The van der Waals surface area contributed by atoms with Gasteiger partial charge >= 0.3 is 0 Å². The number of ether oxygens (including phenoxy) is 1. The third-order valence-electron chi connectivity index (χ3n) is 2.61. The van der Waals surface area contributed by atoms with Gasteiger partial charge in [-0.15, -0.1) is 0 Å². The number of benzene rings is 1. The molecule has 0 fully saturated rings. The molecule has 1 rings (SSSR count). The van der Waals surface area contributed by atoms with Gasteiger partial charge in [-0.1, -0.05) is 25.4 Å². The molecule has 2 atom stereocenters. The highest BCUT2D eigenvalue weighted by Gasteiger charge is 2.15. The van der Waals surface area contributed by atoms with Gasteiger partial charge in [-0.3, -0.25) is 0 Å². The Morgan fingerprint density at radius 2 is 1.88 bits per heavy atom. The number of likely N-dealkylation sites (N-methyl/N-ethyl adjacent to an activating group) is 1. The van der Waals surface area contributed by atoms with Crippen molar-refractivity contribution in [2.75, 3.05) is 6.54 Å². The van der Waals surface area contributed by atoms with E-state index in [1.54, 1.807) is 0 Å². The van der Waals surface area contributed by atoms with Gasteiger partial charge in [-0.05, 0) is 44.2 Å². The Morgan fingerprint density at radius 3 is 2.38 bits per heavy atom. The minimum Gasteiger partial charge on any atom is -0.489 e. The monoisotopic (exact) mass is 241 g/mol. The van der Waals surface area contributed by atoms with Crippen LogP contribution in [-0.2, 0) is 0 Å². The summed E-state index contributed by atoms with van der Waals surface area (Å²) < 4.78 is 5.85. The Bertz CT molecular complexity index is 299. The second kappa shape index (κ2) is 6.77. The number of halogens is 1. The third-order valence-corrected chi connectivity index (χ3v) is 2.86. The average Bonchev–Trinajstić information content (AvgIpc) is 2.29. The average molecular weight is 242 g/mol. The largest absolute Gasteiger partial charge is 0.489 e. The van der Waals surface area contributed by atoms with E-state index in [1.807, 2.05) is 24.3 Å². The maximum absolute atomic E-state index is 5.85. The van der Waals surface area contributed by atoms with Crippen LogP contribution < -0.4 is 10.1 Å². The van der Waals surface area contributed by atoms with Crippen LogP contribution in [0, 0.1) is 0 Å². The van der Waals surface area contributed by atoms with Crippen LogP contribution >= 0.6 is 11.6 Å². The van der Waals surface area contributed by atoms with Crippen LogP contribution in [0.2, 0.25) is 5.02 Å². The maximum atomic E-state index is 5.85. The lowest BCUT2D eigenvalue weighted by Gasteiger charge is -2.24. The lowest BCUT2D eigenvalue weighted by atomic mass is 10.1. The summed E-state index contributed by atoms with van der Waals surface area (Å²) in [4.78, 5) is 0. The van der Waals surface area contributed by atoms with E-state index in [2.05, 4.69) is 26.1 Å². The summed E-state index contributed by atoms with van der Waals surface area (Å²) in [6.07, 6.45) is 1.22. The summed E-state index contributed by atoms with van der Waals surface area (Å²) in [7, 11) is 0. The molecular formula is C13H20ClNO. The molecule has 1 aromatic carbocycles. The summed E-state index contributed by atoms with van der Waals surface area (Å²) >= 11 is 5.82. The molecule has 3 heteroatoms. The minimum atomic E-state index is 0.158. The number of hydrogen-bond acceptors (Lipinski definition) is 2. The van der Waals surface area contributed by atoms with E-state index >= 15 is 0 Å². The van der Waals surface area contributed by atoms with Crippen LogP contribution in [0.4, 0.5) is 0 Å². The van der Waals surface area contributed by atoms with Gasteiger partial charge in [0.15, 0.2) is 0 Å². The zero-order valence-electron chi connectivity index (χ0n) is 10.2. The molecule has 0 heterocycles. The van der Waals surface area contributed by atoms with Crippen molar-refractivity contribution < 1.29 is 4.74 Å². The topological polar surface area (TPSA) is 21.3 Å². The number of rotatable bonds is 6. The van der Waals surface area contributed by atoms with Gasteiger partial charge in [0, 0.05) is 11.1 Å². The summed E-state index contributed by atoms with van der Waals surface area (Å²) in [6, 6.07) is 7.88. The molecule has 0 saturated heterocycles. The van der Waals surface area contributed by atoms with Crippen molar-refractivity contribution in [3.63, 3.8) is 0 Å². The van der Waals surface area contributed by atoms with Gasteiger partial charge in [-0.2, -0.15) is 0 Å². The molecule has 0 bridgehead atoms. The zero-order chi connectivity index (χ0) is 12.0. The molecule has 0 radical (unpaired) electrons. The molecule has 1 N–H and O–H groups in total. The molecule has 0 aliphatic rings. The van der Waals surface area contributed by atoms with Crippen LogP contribution in [0.5, 0.6) is 5.75 Å². The maximum Gasteiger partial charge on any atom is 0.119 e. The van der Waals surface area contributed by atoms with Crippen molar-refractivity contribution in [2.24, 2.45) is 0 Å². The Kier molecular flexibility index (Phi) is 5.64. The standard InChI is InChI=1S/C13H20ClNO/c1-4-13(15-5-2)10(3)16-12-8-6-11(14)7-9-12/h6-10,13,15H,4-5H2,1-3H3. The van der Waals surface area contributed by atoms with Crippen LogP contribution in [0.15, 0.2) is 24.3 Å². The van der Waals surface area contributed by atoms with Gasteiger partial charge in [0.2, 0.25) is 0 Å². The van der Waals surface area contributed by atoms with Gasteiger partial charge in [0.05, 0.1) is 0 Å². The molecule has 0 aliphatic carbocycles. The second-order valence-corrected chi connectivity index (χ2v) is 4.29. The van der Waals surface area contributed by atoms with Gasteiger partial charge in [0.25, 0.3) is 0 Å². The second-order valence-electron chi connectivity index (χ2n) is 3.85. The van der Waals surface area contributed by atoms with E-state index in [0.717, 1.165) is 23.7 Å². The Labute approximate surface area is 103 Å². The first kappa shape index (κ1) is 13.3. The van der Waals surface area contributed by atoms with Crippen LogP contribution in [-0.4, -0.2) is 18.7 Å². The molecule has 90 valence electrons. The highest BCUT2D eigenvalue weighted by molar-refractivity contribution is 6.30. The van der Waals surface area contributed by atoms with E-state index < -0.39 is 0 Å². The van der Waals surface area contributed by atoms with E-state index in [-0.39, 0.29) is 6.10 Å². The highest BCUT2D eigenvalue weighted by atomic mass is 35.5.